The first-order valence-electron chi connectivity index (χ1n) is 33.3. The van der Waals surface area contributed by atoms with Crippen LogP contribution in [-0.4, -0.2) is 85.7 Å². The molecule has 0 amide bonds. The van der Waals surface area contributed by atoms with Crippen LogP contribution in [0.1, 0.15) is 120 Å². The summed E-state index contributed by atoms with van der Waals surface area (Å²) in [5.74, 6) is 8.14. The number of hydrogen-bond donors (Lipinski definition) is 1. The van der Waals surface area contributed by atoms with Crippen molar-refractivity contribution in [1.82, 2.24) is 0 Å². The van der Waals surface area contributed by atoms with Crippen LogP contribution >= 0.6 is 0 Å². The maximum Gasteiger partial charge on any atom is 0.173 e. The van der Waals surface area contributed by atoms with Crippen LogP contribution in [0.5, 0.6) is 51.7 Å². The number of aliphatic hydroxyl groups excluding tert-OH is 1. The summed E-state index contributed by atoms with van der Waals surface area (Å²) in [6.45, 7) is 43.4. The first-order chi connectivity index (χ1) is 45.1. The molecule has 0 saturated heterocycles. The van der Waals surface area contributed by atoms with Gasteiger partial charge >= 0.3 is 0 Å². The van der Waals surface area contributed by atoms with Gasteiger partial charge < -0.3 is 51.9 Å². The topological polar surface area (TPSA) is 113 Å². The third-order valence-corrected chi connectivity index (χ3v) is 26.1. The van der Waals surface area contributed by atoms with Crippen LogP contribution in [-0.2, 0) is 29.0 Å². The minimum absolute atomic E-state index is 0.00950. The highest BCUT2D eigenvalue weighted by Gasteiger charge is 2.33. The van der Waals surface area contributed by atoms with Crippen LogP contribution in [0.3, 0.4) is 0 Å². The molecule has 0 aromatic heterocycles. The number of aliphatic hydroxyl groups is 1. The Morgan fingerprint density at radius 3 is 0.917 bits per heavy atom. The molecule has 1 N–H and O–H groups in total. The van der Waals surface area contributed by atoms with Crippen LogP contribution in [0.2, 0.25) is 38.3 Å². The molecule has 8 rings (SSSR count). The Labute approximate surface area is 580 Å². The van der Waals surface area contributed by atoms with Gasteiger partial charge in [0.25, 0.3) is 0 Å². The summed E-state index contributed by atoms with van der Waals surface area (Å²) in [4.78, 5) is 0. The number of aryl methyl sites for hydroxylation is 12. The Balaban J connectivity index is 0.000000235. The Morgan fingerprint density at radius 2 is 0.615 bits per heavy atom. The van der Waals surface area contributed by atoms with E-state index in [1.807, 2.05) is 18.2 Å². The van der Waals surface area contributed by atoms with Gasteiger partial charge in [0.15, 0.2) is 28.1 Å². The van der Waals surface area contributed by atoms with Crippen molar-refractivity contribution in [2.75, 3.05) is 64.0 Å². The summed E-state index contributed by atoms with van der Waals surface area (Å²) >= 11 is 0. The molecule has 0 heterocycles. The van der Waals surface area contributed by atoms with Crippen molar-refractivity contribution in [3.8, 4) is 74.0 Å². The van der Waals surface area contributed by atoms with E-state index in [0.717, 1.165) is 104 Å². The molecule has 0 radical (unpaired) electrons. The predicted octanol–water partition coefficient (Wildman–Crippen LogP) is 20.5. The van der Waals surface area contributed by atoms with Crippen molar-refractivity contribution in [3.63, 3.8) is 0 Å². The van der Waals surface area contributed by atoms with Crippen LogP contribution < -0.4 is 42.6 Å². The zero-order chi connectivity index (χ0) is 71.9. The van der Waals surface area contributed by atoms with E-state index in [1.165, 1.54) is 100 Å². The summed E-state index contributed by atoms with van der Waals surface area (Å²) in [5.41, 5.74) is 27.5. The van der Waals surface area contributed by atoms with E-state index in [2.05, 4.69) is 216 Å². The molecule has 11 nitrogen and oxygen atoms in total. The fourth-order valence-corrected chi connectivity index (χ4v) is 22.1. The predicted molar refractivity (Wildman–Crippen MR) is 406 cm³/mol. The Hall–Kier alpha value is -7.69. The van der Waals surface area contributed by atoms with Gasteiger partial charge in [-0.05, 0) is 331 Å². The van der Waals surface area contributed by atoms with Crippen molar-refractivity contribution in [2.24, 2.45) is 0 Å². The number of rotatable bonds is 22. The Morgan fingerprint density at radius 1 is 0.323 bits per heavy atom. The molecule has 0 aliphatic carbocycles. The molecule has 8 aromatic rings. The molecule has 520 valence electrons. The molecule has 0 unspecified atom stereocenters. The lowest BCUT2D eigenvalue weighted by atomic mass is 9.76. The SMILES string of the molecule is COc1c(C)cc(-c2cc(C)c(OC)c(C)c2)cc1C.COc1c(C)cc(-c2cc(C)c(OC)c(C)c2C)c(C)c1C.COc1c(C)cc(C(C)(C)c2cc(C)c(OC)c(C)c2)cc1C.COc1ccc(CC[Si](C)(C)O[Si](C)(C)CCc2ccc(OC)c(OC)c2)cc1CO. The van der Waals surface area contributed by atoms with E-state index >= 15 is 0 Å². The first-order valence-corrected chi connectivity index (χ1v) is 39.5. The monoisotopic (exact) mass is 1340 g/mol. The lowest BCUT2D eigenvalue weighted by molar-refractivity contribution is 0.273. The molecular formula is C83H114O11Si2. The lowest BCUT2D eigenvalue weighted by Gasteiger charge is -2.34. The molecule has 0 saturated carbocycles. The summed E-state index contributed by atoms with van der Waals surface area (Å²) in [6.07, 6.45) is 1.93. The Bertz CT molecular complexity index is 3630. The second kappa shape index (κ2) is 34.5. The largest absolute Gasteiger partial charge is 0.496 e. The van der Waals surface area contributed by atoms with Gasteiger partial charge in [0.1, 0.15) is 40.2 Å². The number of methoxy groups -OCH3 is 9. The maximum absolute atomic E-state index is 9.56. The second-order valence-corrected chi connectivity index (χ2v) is 36.2. The highest BCUT2D eigenvalue weighted by atomic mass is 28.4. The quantitative estimate of drug-likeness (QED) is 0.0655. The minimum Gasteiger partial charge on any atom is -0.496 e. The zero-order valence-electron chi connectivity index (χ0n) is 63.8. The van der Waals surface area contributed by atoms with Gasteiger partial charge in [0.2, 0.25) is 0 Å². The van der Waals surface area contributed by atoms with E-state index in [0.29, 0.717) is 0 Å². The summed E-state index contributed by atoms with van der Waals surface area (Å²) < 4.78 is 55.8. The average molecular weight is 1340 g/mol. The minimum atomic E-state index is -1.82. The fourth-order valence-electron chi connectivity index (χ4n) is 13.5. The average Bonchev–Trinajstić information content (AvgIpc) is 0.783. The second-order valence-electron chi connectivity index (χ2n) is 27.4. The molecule has 0 atom stereocenters. The standard InChI is InChI=1S/C24H38O5Si2.C21H28O2.C20H26O2.C18H22O2/c1-26-22-10-8-19(16-21(22)18-25)12-14-30(4,5)29-31(6,7)15-13-20-9-11-23(27-2)24(17-20)28-3;1-13-9-17(10-14(2)19(13)22-7)21(5,6)18-11-15(3)20(23-8)16(4)12-18;1-11-9-17(13(3)15(5)19(11)21-7)18-10-12(2)20(22-8)16(6)14(18)4;1-11-7-15(8-12(2)17(11)19-5)16-9-13(3)18(20-6)14(4)10-16/h8-11,16-17,25H,12-15,18H2,1-7H3;9-12H,1-8H3;9-10H,1-8H3;7-10H,1-6H3. The highest BCUT2D eigenvalue weighted by Crippen LogP contribution is 2.42. The van der Waals surface area contributed by atoms with E-state index < -0.39 is 16.6 Å². The van der Waals surface area contributed by atoms with Gasteiger partial charge in [-0.1, -0.05) is 50.2 Å². The van der Waals surface area contributed by atoms with Gasteiger partial charge in [-0.25, -0.2) is 0 Å². The molecule has 96 heavy (non-hydrogen) atoms. The molecule has 0 fully saturated rings. The van der Waals surface area contributed by atoms with E-state index in [4.69, 9.17) is 46.7 Å². The Kier molecular flexibility index (Phi) is 28.4. The molecule has 0 aliphatic rings. The van der Waals surface area contributed by atoms with Crippen LogP contribution in [0.25, 0.3) is 22.3 Å². The molecule has 0 aliphatic heterocycles. The number of hydrogen-bond acceptors (Lipinski definition) is 11. The van der Waals surface area contributed by atoms with E-state index in [9.17, 15) is 5.11 Å². The third-order valence-electron chi connectivity index (χ3n) is 18.7. The van der Waals surface area contributed by atoms with Crippen molar-refractivity contribution in [1.29, 1.82) is 0 Å². The normalized spacial score (nSPS) is 11.3. The van der Waals surface area contributed by atoms with E-state index in [-0.39, 0.29) is 12.0 Å². The van der Waals surface area contributed by atoms with Crippen molar-refractivity contribution < 1.29 is 51.9 Å². The molecule has 0 spiro atoms. The molecule has 8 aromatic carbocycles. The summed E-state index contributed by atoms with van der Waals surface area (Å²) in [7, 11) is 11.7. The molecular weight excluding hydrogens is 1230 g/mol. The summed E-state index contributed by atoms with van der Waals surface area (Å²) in [6, 6.07) is 36.4. The fraction of sp³-hybridized carbons (Fsp3) is 0.422. The zero-order valence-corrected chi connectivity index (χ0v) is 65.8. The van der Waals surface area contributed by atoms with Gasteiger partial charge in [-0.15, -0.1) is 0 Å². The van der Waals surface area contributed by atoms with Crippen molar-refractivity contribution in [3.05, 3.63) is 203 Å². The van der Waals surface area contributed by atoms with E-state index in [1.54, 1.807) is 64.0 Å². The maximum atomic E-state index is 9.56. The highest BCUT2D eigenvalue weighted by molar-refractivity contribution is 6.84. The summed E-state index contributed by atoms with van der Waals surface area (Å²) in [5, 5.41) is 9.56. The van der Waals surface area contributed by atoms with Crippen LogP contribution in [0, 0.1) is 96.9 Å². The first kappa shape index (κ1) is 79.0. The lowest BCUT2D eigenvalue weighted by Crippen LogP contribution is -2.44. The number of benzene rings is 8. The van der Waals surface area contributed by atoms with Crippen LogP contribution in [0.4, 0.5) is 0 Å². The van der Waals surface area contributed by atoms with Gasteiger partial charge in [0, 0.05) is 11.0 Å². The van der Waals surface area contributed by atoms with Gasteiger partial charge in [-0.3, -0.25) is 0 Å². The van der Waals surface area contributed by atoms with Crippen LogP contribution in [0.15, 0.2) is 97.1 Å². The molecule has 13 heteroatoms. The molecule has 0 bridgehead atoms. The van der Waals surface area contributed by atoms with Crippen molar-refractivity contribution in [2.45, 2.75) is 174 Å². The third kappa shape index (κ3) is 19.3. The van der Waals surface area contributed by atoms with Crippen molar-refractivity contribution >= 4 is 16.6 Å². The van der Waals surface area contributed by atoms with Gasteiger partial charge in [-0.2, -0.15) is 0 Å². The van der Waals surface area contributed by atoms with Gasteiger partial charge in [0.05, 0.1) is 70.6 Å². The number of ether oxygens (including phenoxy) is 9. The smallest absolute Gasteiger partial charge is 0.173 e.